The fraction of sp³-hybridized carbons (Fsp3) is 0.524. The van der Waals surface area contributed by atoms with Crippen LogP contribution in [0.15, 0.2) is 30.5 Å². The van der Waals surface area contributed by atoms with E-state index in [1.54, 1.807) is 0 Å². The van der Waals surface area contributed by atoms with Crippen molar-refractivity contribution in [2.75, 3.05) is 18.0 Å². The van der Waals surface area contributed by atoms with Crippen molar-refractivity contribution in [2.45, 2.75) is 59.0 Å². The summed E-state index contributed by atoms with van der Waals surface area (Å²) < 4.78 is 1.86. The molecule has 5 heteroatoms. The smallest absolute Gasteiger partial charge is 0.255 e. The van der Waals surface area contributed by atoms with E-state index in [9.17, 15) is 4.79 Å². The molecule has 1 N–H and O–H groups in total. The highest BCUT2D eigenvalue weighted by molar-refractivity contribution is 5.95. The fourth-order valence-corrected chi connectivity index (χ4v) is 3.35. The second-order valence-corrected chi connectivity index (χ2v) is 8.23. The largest absolute Gasteiger partial charge is 0.372 e. The molecule has 5 nitrogen and oxygen atoms in total. The van der Waals surface area contributed by atoms with Crippen LogP contribution in [0, 0.1) is 6.92 Å². The van der Waals surface area contributed by atoms with E-state index in [-0.39, 0.29) is 17.5 Å². The van der Waals surface area contributed by atoms with E-state index in [1.165, 1.54) is 18.5 Å². The van der Waals surface area contributed by atoms with E-state index in [4.69, 9.17) is 0 Å². The number of carbonyl (C=O) groups is 1. The predicted molar refractivity (Wildman–Crippen MR) is 106 cm³/mol. The number of hydrogen-bond donors (Lipinski definition) is 1. The van der Waals surface area contributed by atoms with Gasteiger partial charge >= 0.3 is 0 Å². The molecule has 26 heavy (non-hydrogen) atoms. The average Bonchev–Trinajstić information content (AvgIpc) is 3.24. The summed E-state index contributed by atoms with van der Waals surface area (Å²) in [5, 5.41) is 7.62. The Morgan fingerprint density at radius 2 is 1.92 bits per heavy atom. The lowest BCUT2D eigenvalue weighted by molar-refractivity contribution is 0.0939. The van der Waals surface area contributed by atoms with Crippen molar-refractivity contribution in [3.05, 3.63) is 47.3 Å². The van der Waals surface area contributed by atoms with Crippen molar-refractivity contribution in [2.24, 2.45) is 0 Å². The van der Waals surface area contributed by atoms with Gasteiger partial charge in [-0.15, -0.1) is 0 Å². The Morgan fingerprint density at radius 1 is 1.23 bits per heavy atom. The predicted octanol–water partition coefficient (Wildman–Crippen LogP) is 4.04. The molecule has 1 aromatic heterocycles. The Bertz CT molecular complexity index is 782. The van der Waals surface area contributed by atoms with Gasteiger partial charge in [0, 0.05) is 25.0 Å². The summed E-state index contributed by atoms with van der Waals surface area (Å²) in [7, 11) is 0. The lowest BCUT2D eigenvalue weighted by atomic mass is 10.1. The molecule has 3 rings (SSSR count). The zero-order valence-corrected chi connectivity index (χ0v) is 16.5. The van der Waals surface area contributed by atoms with Gasteiger partial charge in [0.15, 0.2) is 0 Å². The van der Waals surface area contributed by atoms with Crippen molar-refractivity contribution in [1.82, 2.24) is 15.1 Å². The maximum absolute atomic E-state index is 12.8. The number of hydrogen-bond acceptors (Lipinski definition) is 3. The molecule has 1 saturated heterocycles. The summed E-state index contributed by atoms with van der Waals surface area (Å²) >= 11 is 0. The highest BCUT2D eigenvalue weighted by atomic mass is 16.1. The number of benzene rings is 1. The van der Waals surface area contributed by atoms with Crippen LogP contribution in [0.3, 0.4) is 0 Å². The molecule has 0 spiro atoms. The average molecular weight is 354 g/mol. The summed E-state index contributed by atoms with van der Waals surface area (Å²) in [4.78, 5) is 15.2. The van der Waals surface area contributed by atoms with E-state index >= 15 is 0 Å². The topological polar surface area (TPSA) is 50.2 Å². The van der Waals surface area contributed by atoms with Crippen LogP contribution < -0.4 is 10.2 Å². The SMILES string of the molecule is Cc1nn(C(C)(C)C)cc1C(=O)NC(C)c1cccc(N2CCCC2)c1. The first-order valence-electron chi connectivity index (χ1n) is 9.48. The lowest BCUT2D eigenvalue weighted by Gasteiger charge is -2.21. The van der Waals surface area contributed by atoms with Crippen molar-refractivity contribution < 1.29 is 4.79 Å². The van der Waals surface area contributed by atoms with Crippen LogP contribution in [-0.2, 0) is 5.54 Å². The van der Waals surface area contributed by atoms with Gasteiger partial charge in [-0.2, -0.15) is 5.10 Å². The van der Waals surface area contributed by atoms with Gasteiger partial charge in [0.2, 0.25) is 0 Å². The summed E-state index contributed by atoms with van der Waals surface area (Å²) in [5.41, 5.74) is 3.64. The number of nitrogens with zero attached hydrogens (tertiary/aromatic N) is 3. The molecule has 1 aliphatic heterocycles. The molecule has 2 aromatic rings. The first-order chi connectivity index (χ1) is 12.3. The number of aromatic nitrogens is 2. The minimum atomic E-state index is -0.140. The summed E-state index contributed by atoms with van der Waals surface area (Å²) in [6.45, 7) is 12.4. The maximum Gasteiger partial charge on any atom is 0.255 e. The van der Waals surface area contributed by atoms with Gasteiger partial charge in [-0.25, -0.2) is 0 Å². The number of carbonyl (C=O) groups excluding carboxylic acids is 1. The molecule has 0 aliphatic carbocycles. The van der Waals surface area contributed by atoms with Crippen LogP contribution in [0.2, 0.25) is 0 Å². The fourth-order valence-electron chi connectivity index (χ4n) is 3.35. The van der Waals surface area contributed by atoms with Crippen LogP contribution in [0.25, 0.3) is 0 Å². The van der Waals surface area contributed by atoms with Crippen molar-refractivity contribution in [3.63, 3.8) is 0 Å². The van der Waals surface area contributed by atoms with Crippen LogP contribution in [0.4, 0.5) is 5.69 Å². The van der Waals surface area contributed by atoms with E-state index in [2.05, 4.69) is 60.4 Å². The molecule has 2 heterocycles. The molecule has 0 saturated carbocycles. The number of amides is 1. The van der Waals surface area contributed by atoms with Crippen LogP contribution in [-0.4, -0.2) is 28.8 Å². The Kier molecular flexibility index (Phi) is 5.08. The molecule has 140 valence electrons. The molecular formula is C21H30N4O. The molecular weight excluding hydrogens is 324 g/mol. The van der Waals surface area contributed by atoms with Crippen molar-refractivity contribution >= 4 is 11.6 Å². The van der Waals surface area contributed by atoms with Gasteiger partial charge in [0.25, 0.3) is 5.91 Å². The molecule has 1 aromatic carbocycles. The zero-order chi connectivity index (χ0) is 18.9. The summed E-state index contributed by atoms with van der Waals surface area (Å²) in [5.74, 6) is -0.0722. The normalized spacial score (nSPS) is 16.0. The first-order valence-corrected chi connectivity index (χ1v) is 9.48. The van der Waals surface area contributed by atoms with Gasteiger partial charge in [-0.3, -0.25) is 9.48 Å². The summed E-state index contributed by atoms with van der Waals surface area (Å²) in [6.07, 6.45) is 4.36. The second-order valence-electron chi connectivity index (χ2n) is 8.23. The van der Waals surface area contributed by atoms with E-state index in [0.29, 0.717) is 5.56 Å². The summed E-state index contributed by atoms with van der Waals surface area (Å²) in [6, 6.07) is 8.45. The number of nitrogens with one attached hydrogen (secondary N) is 1. The van der Waals surface area contributed by atoms with Crippen LogP contribution in [0.5, 0.6) is 0 Å². The Balaban J connectivity index is 1.73. The van der Waals surface area contributed by atoms with Gasteiger partial charge in [-0.1, -0.05) is 12.1 Å². The number of rotatable bonds is 4. The minimum Gasteiger partial charge on any atom is -0.372 e. The first kappa shape index (κ1) is 18.5. The third-order valence-corrected chi connectivity index (χ3v) is 5.02. The Labute approximate surface area is 156 Å². The van der Waals surface area contributed by atoms with Crippen LogP contribution >= 0.6 is 0 Å². The molecule has 1 unspecified atom stereocenters. The molecule has 0 bridgehead atoms. The number of anilines is 1. The minimum absolute atomic E-state index is 0.0533. The molecule has 1 atom stereocenters. The second kappa shape index (κ2) is 7.14. The molecule has 1 fully saturated rings. The standard InChI is InChI=1S/C21H30N4O/c1-15(17-9-8-10-18(13-17)24-11-6-7-12-24)22-20(26)19-14-25(21(3,4)5)23-16(19)2/h8-10,13-15H,6-7,11-12H2,1-5H3,(H,22,26). The Morgan fingerprint density at radius 3 is 2.54 bits per heavy atom. The molecule has 0 radical (unpaired) electrons. The third-order valence-electron chi connectivity index (χ3n) is 5.02. The van der Waals surface area contributed by atoms with Gasteiger partial charge in [0.1, 0.15) is 0 Å². The van der Waals surface area contributed by atoms with Gasteiger partial charge in [0.05, 0.1) is 22.8 Å². The van der Waals surface area contributed by atoms with Gasteiger partial charge < -0.3 is 10.2 Å². The highest BCUT2D eigenvalue weighted by Crippen LogP contribution is 2.24. The lowest BCUT2D eigenvalue weighted by Crippen LogP contribution is -2.27. The molecule has 1 amide bonds. The van der Waals surface area contributed by atoms with E-state index in [0.717, 1.165) is 24.3 Å². The number of aryl methyl sites for hydroxylation is 1. The van der Waals surface area contributed by atoms with Crippen molar-refractivity contribution in [1.29, 1.82) is 0 Å². The van der Waals surface area contributed by atoms with Crippen LogP contribution in [0.1, 0.15) is 68.2 Å². The Hall–Kier alpha value is -2.30. The zero-order valence-electron chi connectivity index (χ0n) is 16.5. The molecule has 1 aliphatic rings. The van der Waals surface area contributed by atoms with Gasteiger partial charge in [-0.05, 0) is 65.2 Å². The monoisotopic (exact) mass is 354 g/mol. The maximum atomic E-state index is 12.8. The third kappa shape index (κ3) is 3.92. The van der Waals surface area contributed by atoms with Crippen molar-refractivity contribution in [3.8, 4) is 0 Å². The highest BCUT2D eigenvalue weighted by Gasteiger charge is 2.21. The quantitative estimate of drug-likeness (QED) is 0.901. The van der Waals surface area contributed by atoms with E-state index < -0.39 is 0 Å². The van der Waals surface area contributed by atoms with E-state index in [1.807, 2.05) is 24.7 Å².